The smallest absolute Gasteiger partial charge is 0.0834 e. The fourth-order valence-corrected chi connectivity index (χ4v) is 0.585. The summed E-state index contributed by atoms with van der Waals surface area (Å²) in [6, 6.07) is 0. The lowest BCUT2D eigenvalue weighted by Gasteiger charge is -1.95. The summed E-state index contributed by atoms with van der Waals surface area (Å²) in [6.45, 7) is 2.63. The molecule has 1 saturated heterocycles. The van der Waals surface area contributed by atoms with Gasteiger partial charge >= 0.3 is 0 Å². The van der Waals surface area contributed by atoms with Crippen LogP contribution in [0.4, 0.5) is 0 Å². The maximum Gasteiger partial charge on any atom is 0.0834 e. The molecule has 0 amide bonds. The van der Waals surface area contributed by atoms with Crippen molar-refractivity contribution in [1.29, 1.82) is 0 Å². The zero-order valence-corrected chi connectivity index (χ0v) is 4.42. The lowest BCUT2D eigenvalue weighted by molar-refractivity contribution is 0.170. The van der Waals surface area contributed by atoms with Crippen LogP contribution in [0.15, 0.2) is 0 Å². The van der Waals surface area contributed by atoms with Gasteiger partial charge < -0.3 is 9.84 Å². The largest absolute Gasteiger partial charge is 0.393 e. The van der Waals surface area contributed by atoms with Crippen LogP contribution in [-0.4, -0.2) is 23.9 Å². The van der Waals surface area contributed by atoms with E-state index < -0.39 is 0 Å². The quantitative estimate of drug-likeness (QED) is 0.503. The third-order valence-corrected chi connectivity index (χ3v) is 1.01. The van der Waals surface area contributed by atoms with Crippen molar-refractivity contribution in [3.8, 4) is 0 Å². The average molecular weight is 102 g/mol. The molecule has 7 heavy (non-hydrogen) atoms. The molecule has 42 valence electrons. The van der Waals surface area contributed by atoms with Gasteiger partial charge in [0.2, 0.25) is 0 Å². The highest BCUT2D eigenvalue weighted by molar-refractivity contribution is 4.70. The molecule has 1 rings (SSSR count). The maximum atomic E-state index is 8.68. The summed E-state index contributed by atoms with van der Waals surface area (Å²) < 4.78 is 4.86. The molecule has 1 N–H and O–H groups in total. The van der Waals surface area contributed by atoms with Crippen LogP contribution in [0.3, 0.4) is 0 Å². The lowest BCUT2D eigenvalue weighted by Crippen LogP contribution is -2.02. The first-order chi connectivity index (χ1) is 3.29. The fraction of sp³-hybridized carbons (Fsp3) is 1.00. The van der Waals surface area contributed by atoms with E-state index in [1.165, 1.54) is 0 Å². The van der Waals surface area contributed by atoms with Crippen molar-refractivity contribution in [3.63, 3.8) is 0 Å². The van der Waals surface area contributed by atoms with Crippen molar-refractivity contribution in [2.24, 2.45) is 0 Å². The lowest BCUT2D eigenvalue weighted by atomic mass is 10.2. The molecule has 0 saturated carbocycles. The third kappa shape index (κ3) is 1.90. The fourth-order valence-electron chi connectivity index (χ4n) is 0.585. The second-order valence-electron chi connectivity index (χ2n) is 2.04. The predicted octanol–water partition coefficient (Wildman–Crippen LogP) is 0.156. The molecule has 1 aliphatic rings. The predicted molar refractivity (Wildman–Crippen MR) is 26.0 cm³/mol. The van der Waals surface area contributed by atoms with Gasteiger partial charge in [-0.3, -0.25) is 0 Å². The van der Waals surface area contributed by atoms with Crippen molar-refractivity contribution < 1.29 is 9.84 Å². The molecule has 0 spiro atoms. The van der Waals surface area contributed by atoms with Gasteiger partial charge in [-0.25, -0.2) is 0 Å². The highest BCUT2D eigenvalue weighted by Gasteiger charge is 2.23. The first kappa shape index (κ1) is 5.06. The van der Waals surface area contributed by atoms with Crippen molar-refractivity contribution in [2.45, 2.75) is 25.6 Å². The van der Waals surface area contributed by atoms with Crippen LogP contribution in [-0.2, 0) is 4.74 Å². The van der Waals surface area contributed by atoms with Crippen LogP contribution >= 0.6 is 0 Å². The zero-order valence-electron chi connectivity index (χ0n) is 4.42. The summed E-state index contributed by atoms with van der Waals surface area (Å²) in [4.78, 5) is 0. The van der Waals surface area contributed by atoms with E-state index in [0.29, 0.717) is 6.10 Å². The Balaban J connectivity index is 1.97. The Morgan fingerprint density at radius 1 is 2.00 bits per heavy atom. The number of rotatable bonds is 2. The normalized spacial score (nSPS) is 32.6. The summed E-state index contributed by atoms with van der Waals surface area (Å²) in [5.41, 5.74) is 0. The number of hydrogen-bond donors (Lipinski definition) is 1. The van der Waals surface area contributed by atoms with Crippen molar-refractivity contribution in [1.82, 2.24) is 0 Å². The van der Waals surface area contributed by atoms with E-state index in [-0.39, 0.29) is 6.10 Å². The van der Waals surface area contributed by atoms with Gasteiger partial charge in [-0.2, -0.15) is 0 Å². The Hall–Kier alpha value is -0.0800. The maximum absolute atomic E-state index is 8.68. The van der Waals surface area contributed by atoms with Gasteiger partial charge in [0, 0.05) is 6.42 Å². The molecule has 2 heteroatoms. The summed E-state index contributed by atoms with van der Waals surface area (Å²) >= 11 is 0. The Kier molecular flexibility index (Phi) is 1.30. The molecule has 0 aromatic heterocycles. The minimum atomic E-state index is -0.188. The molecule has 1 fully saturated rings. The van der Waals surface area contributed by atoms with E-state index in [4.69, 9.17) is 9.84 Å². The van der Waals surface area contributed by atoms with E-state index >= 15 is 0 Å². The zero-order chi connectivity index (χ0) is 5.28. The standard InChI is InChI=1S/C5H10O2/c1-4(6)2-5-3-7-5/h4-6H,2-3H2,1H3. The topological polar surface area (TPSA) is 32.8 Å². The van der Waals surface area contributed by atoms with Crippen LogP contribution in [0, 0.1) is 0 Å². The molecule has 0 aromatic carbocycles. The number of epoxide rings is 1. The van der Waals surface area contributed by atoms with E-state index in [1.807, 2.05) is 0 Å². The van der Waals surface area contributed by atoms with Crippen LogP contribution in [0.1, 0.15) is 13.3 Å². The van der Waals surface area contributed by atoms with Gasteiger partial charge in [0.05, 0.1) is 18.8 Å². The molecule has 1 heterocycles. The van der Waals surface area contributed by atoms with E-state index in [0.717, 1.165) is 13.0 Å². The first-order valence-corrected chi connectivity index (χ1v) is 2.58. The third-order valence-electron chi connectivity index (χ3n) is 1.01. The molecule has 0 aliphatic carbocycles. The van der Waals surface area contributed by atoms with E-state index in [9.17, 15) is 0 Å². The van der Waals surface area contributed by atoms with Crippen LogP contribution in [0.2, 0.25) is 0 Å². The first-order valence-electron chi connectivity index (χ1n) is 2.58. The minimum absolute atomic E-state index is 0.188. The van der Waals surface area contributed by atoms with E-state index in [1.54, 1.807) is 6.92 Å². The van der Waals surface area contributed by atoms with Gasteiger partial charge in [0.25, 0.3) is 0 Å². The highest BCUT2D eigenvalue weighted by atomic mass is 16.6. The minimum Gasteiger partial charge on any atom is -0.393 e. The summed E-state index contributed by atoms with van der Waals surface area (Å²) in [5.74, 6) is 0. The molecular weight excluding hydrogens is 92.1 g/mol. The Bertz CT molecular complexity index is 57.1. The summed E-state index contributed by atoms with van der Waals surface area (Å²) in [6.07, 6.45) is 0.993. The molecular formula is C5H10O2. The van der Waals surface area contributed by atoms with Crippen LogP contribution < -0.4 is 0 Å². The monoisotopic (exact) mass is 102 g/mol. The molecule has 0 aromatic rings. The molecule has 2 nitrogen and oxygen atoms in total. The summed E-state index contributed by atoms with van der Waals surface area (Å²) in [5, 5.41) is 8.68. The molecule has 1 aliphatic heterocycles. The SMILES string of the molecule is CC(O)CC1CO1. The van der Waals surface area contributed by atoms with Gasteiger partial charge in [0.15, 0.2) is 0 Å². The van der Waals surface area contributed by atoms with Gasteiger partial charge in [-0.1, -0.05) is 0 Å². The number of hydrogen-bond acceptors (Lipinski definition) is 2. The van der Waals surface area contributed by atoms with E-state index in [2.05, 4.69) is 0 Å². The Labute approximate surface area is 43.1 Å². The van der Waals surface area contributed by atoms with Crippen molar-refractivity contribution in [2.75, 3.05) is 6.61 Å². The average Bonchev–Trinajstić information content (AvgIpc) is 2.17. The van der Waals surface area contributed by atoms with Gasteiger partial charge in [-0.05, 0) is 6.92 Å². The van der Waals surface area contributed by atoms with Gasteiger partial charge in [0.1, 0.15) is 0 Å². The second-order valence-corrected chi connectivity index (χ2v) is 2.04. The molecule has 2 atom stereocenters. The summed E-state index contributed by atoms with van der Waals surface area (Å²) in [7, 11) is 0. The Morgan fingerprint density at radius 2 is 2.57 bits per heavy atom. The second kappa shape index (κ2) is 1.80. The molecule has 2 unspecified atom stereocenters. The van der Waals surface area contributed by atoms with Crippen LogP contribution in [0.5, 0.6) is 0 Å². The van der Waals surface area contributed by atoms with Crippen molar-refractivity contribution >= 4 is 0 Å². The molecule has 0 bridgehead atoms. The number of ether oxygens (including phenoxy) is 1. The number of aliphatic hydroxyl groups excluding tert-OH is 1. The molecule has 0 radical (unpaired) electrons. The van der Waals surface area contributed by atoms with Gasteiger partial charge in [-0.15, -0.1) is 0 Å². The highest BCUT2D eigenvalue weighted by Crippen LogP contribution is 2.14. The van der Waals surface area contributed by atoms with Crippen LogP contribution in [0.25, 0.3) is 0 Å². The van der Waals surface area contributed by atoms with Crippen molar-refractivity contribution in [3.05, 3.63) is 0 Å². The number of aliphatic hydroxyl groups is 1. The Morgan fingerprint density at radius 3 is 2.71 bits per heavy atom.